The van der Waals surface area contributed by atoms with Crippen LogP contribution in [0, 0.1) is 0 Å². The zero-order chi connectivity index (χ0) is 12.8. The molecule has 0 aliphatic carbocycles. The molecule has 0 bridgehead atoms. The number of Topliss-reactive ketones (excluding diaryl/α,β-unsaturated/α-hetero) is 1. The van der Waals surface area contributed by atoms with E-state index in [0.717, 1.165) is 0 Å². The highest BCUT2D eigenvalue weighted by molar-refractivity contribution is 5.99. The number of carboxylic acid groups (broad SMARTS) is 1. The van der Waals surface area contributed by atoms with E-state index in [1.807, 2.05) is 0 Å². The molecule has 6 heteroatoms. The van der Waals surface area contributed by atoms with E-state index in [2.05, 4.69) is 4.98 Å². The molecule has 17 heavy (non-hydrogen) atoms. The number of esters is 1. The van der Waals surface area contributed by atoms with Crippen LogP contribution in [0.15, 0.2) is 12.3 Å². The maximum Gasteiger partial charge on any atom is 0.354 e. The van der Waals surface area contributed by atoms with Gasteiger partial charge in [-0.2, -0.15) is 0 Å². The van der Waals surface area contributed by atoms with Crippen LogP contribution in [-0.4, -0.2) is 29.3 Å². The summed E-state index contributed by atoms with van der Waals surface area (Å²) in [7, 11) is 0. The van der Waals surface area contributed by atoms with E-state index in [1.54, 1.807) is 6.92 Å². The van der Waals surface area contributed by atoms with Crippen molar-refractivity contribution >= 4 is 17.7 Å². The number of carbonyl (C=O) groups is 3. The van der Waals surface area contributed by atoms with E-state index in [9.17, 15) is 19.5 Å². The van der Waals surface area contributed by atoms with Gasteiger partial charge < -0.3 is 19.6 Å². The van der Waals surface area contributed by atoms with Gasteiger partial charge in [0.05, 0.1) is 6.61 Å². The minimum atomic E-state index is -1.28. The van der Waals surface area contributed by atoms with Crippen molar-refractivity contribution in [1.29, 1.82) is 0 Å². The third kappa shape index (κ3) is 3.75. The largest absolute Gasteiger partial charge is 0.550 e. The summed E-state index contributed by atoms with van der Waals surface area (Å²) in [5.74, 6) is -2.19. The van der Waals surface area contributed by atoms with Crippen molar-refractivity contribution in [3.63, 3.8) is 0 Å². The minimum Gasteiger partial charge on any atom is -0.550 e. The van der Waals surface area contributed by atoms with Crippen LogP contribution in [0.5, 0.6) is 0 Å². The predicted octanol–water partition coefficient (Wildman–Crippen LogP) is -0.0958. The first-order valence-corrected chi connectivity index (χ1v) is 5.13. The Hall–Kier alpha value is -2.11. The first kappa shape index (κ1) is 13.0. The number of carbonyl (C=O) groups excluding carboxylic acids is 3. The molecule has 0 radical (unpaired) electrons. The molecular formula is C11H12NO5-. The fourth-order valence-corrected chi connectivity index (χ4v) is 1.24. The number of aromatic nitrogens is 1. The first-order valence-electron chi connectivity index (χ1n) is 5.13. The van der Waals surface area contributed by atoms with Crippen molar-refractivity contribution < 1.29 is 24.2 Å². The number of hydrogen-bond donors (Lipinski definition) is 1. The maximum atomic E-state index is 11.5. The van der Waals surface area contributed by atoms with Crippen LogP contribution in [-0.2, 0) is 9.53 Å². The van der Waals surface area contributed by atoms with E-state index < -0.39 is 11.9 Å². The van der Waals surface area contributed by atoms with E-state index in [-0.39, 0.29) is 36.5 Å². The SMILES string of the molecule is CCOC(=O)c1cc(C(=O)CCC(=O)[O-])c[nH]1. The fourth-order valence-electron chi connectivity index (χ4n) is 1.24. The monoisotopic (exact) mass is 238 g/mol. The Balaban J connectivity index is 2.64. The average Bonchev–Trinajstić information content (AvgIpc) is 2.75. The first-order chi connectivity index (χ1) is 8.04. The van der Waals surface area contributed by atoms with Crippen molar-refractivity contribution in [1.82, 2.24) is 4.98 Å². The Kier molecular flexibility index (Phi) is 4.45. The molecule has 6 nitrogen and oxygen atoms in total. The molecule has 0 saturated heterocycles. The minimum absolute atomic E-state index is 0.150. The number of ether oxygens (including phenoxy) is 1. The van der Waals surface area contributed by atoms with E-state index in [4.69, 9.17) is 4.74 Å². The lowest BCUT2D eigenvalue weighted by atomic mass is 10.1. The van der Waals surface area contributed by atoms with Crippen LogP contribution >= 0.6 is 0 Å². The number of ketones is 1. The zero-order valence-electron chi connectivity index (χ0n) is 9.32. The molecule has 0 amide bonds. The summed E-state index contributed by atoms with van der Waals surface area (Å²) in [4.78, 5) is 35.5. The van der Waals surface area contributed by atoms with Crippen LogP contribution in [0.4, 0.5) is 0 Å². The Morgan fingerprint density at radius 2 is 2.06 bits per heavy atom. The topological polar surface area (TPSA) is 99.3 Å². The van der Waals surface area contributed by atoms with Crippen LogP contribution in [0.1, 0.15) is 40.6 Å². The van der Waals surface area contributed by atoms with Gasteiger partial charge in [-0.25, -0.2) is 4.79 Å². The van der Waals surface area contributed by atoms with Gasteiger partial charge >= 0.3 is 5.97 Å². The molecular weight excluding hydrogens is 226 g/mol. The van der Waals surface area contributed by atoms with Crippen LogP contribution in [0.25, 0.3) is 0 Å². The third-order valence-corrected chi connectivity index (χ3v) is 2.06. The highest BCUT2D eigenvalue weighted by atomic mass is 16.5. The lowest BCUT2D eigenvalue weighted by molar-refractivity contribution is -0.305. The van der Waals surface area contributed by atoms with E-state index in [1.165, 1.54) is 12.3 Å². The lowest BCUT2D eigenvalue weighted by Crippen LogP contribution is -2.22. The van der Waals surface area contributed by atoms with Gasteiger partial charge in [0, 0.05) is 24.2 Å². The molecule has 0 aromatic carbocycles. The van der Waals surface area contributed by atoms with Crippen LogP contribution in [0.3, 0.4) is 0 Å². The highest BCUT2D eigenvalue weighted by Gasteiger charge is 2.13. The van der Waals surface area contributed by atoms with Crippen molar-refractivity contribution in [3.05, 3.63) is 23.5 Å². The number of aromatic amines is 1. The van der Waals surface area contributed by atoms with Gasteiger partial charge in [-0.3, -0.25) is 4.79 Å². The second-order valence-corrected chi connectivity index (χ2v) is 3.32. The molecule has 0 aliphatic rings. The maximum absolute atomic E-state index is 11.5. The summed E-state index contributed by atoms with van der Waals surface area (Å²) in [5.41, 5.74) is 0.429. The van der Waals surface area contributed by atoms with Gasteiger partial charge in [0.25, 0.3) is 0 Å². The van der Waals surface area contributed by atoms with Crippen LogP contribution < -0.4 is 5.11 Å². The normalized spacial score (nSPS) is 9.94. The Morgan fingerprint density at radius 3 is 2.65 bits per heavy atom. The second kappa shape index (κ2) is 5.83. The molecule has 0 fully saturated rings. The van der Waals surface area contributed by atoms with Crippen molar-refractivity contribution in [3.8, 4) is 0 Å². The smallest absolute Gasteiger partial charge is 0.354 e. The molecule has 0 unspecified atom stereocenters. The number of carboxylic acids is 1. The molecule has 1 rings (SSSR count). The van der Waals surface area contributed by atoms with Crippen LogP contribution in [0.2, 0.25) is 0 Å². The number of rotatable bonds is 6. The quantitative estimate of drug-likeness (QED) is 0.551. The van der Waals surface area contributed by atoms with Gasteiger partial charge in [-0.05, 0) is 19.4 Å². The Morgan fingerprint density at radius 1 is 1.35 bits per heavy atom. The third-order valence-electron chi connectivity index (χ3n) is 2.06. The van der Waals surface area contributed by atoms with E-state index >= 15 is 0 Å². The molecule has 1 N–H and O–H groups in total. The van der Waals surface area contributed by atoms with Crippen molar-refractivity contribution in [2.24, 2.45) is 0 Å². The van der Waals surface area contributed by atoms with E-state index in [0.29, 0.717) is 0 Å². The fraction of sp³-hybridized carbons (Fsp3) is 0.364. The molecule has 0 atom stereocenters. The second-order valence-electron chi connectivity index (χ2n) is 3.32. The highest BCUT2D eigenvalue weighted by Crippen LogP contribution is 2.09. The molecule has 1 heterocycles. The number of nitrogens with one attached hydrogen (secondary N) is 1. The molecule has 92 valence electrons. The summed E-state index contributed by atoms with van der Waals surface area (Å²) >= 11 is 0. The summed E-state index contributed by atoms with van der Waals surface area (Å²) in [6.07, 6.45) is 0.866. The van der Waals surface area contributed by atoms with Gasteiger partial charge in [0.15, 0.2) is 5.78 Å². The number of H-pyrrole nitrogens is 1. The van der Waals surface area contributed by atoms with Crippen molar-refractivity contribution in [2.45, 2.75) is 19.8 Å². The van der Waals surface area contributed by atoms with Gasteiger partial charge in [-0.1, -0.05) is 0 Å². The van der Waals surface area contributed by atoms with Gasteiger partial charge in [0.1, 0.15) is 5.69 Å². The van der Waals surface area contributed by atoms with Crippen molar-refractivity contribution in [2.75, 3.05) is 6.61 Å². The number of hydrogen-bond acceptors (Lipinski definition) is 5. The summed E-state index contributed by atoms with van der Waals surface area (Å²) < 4.78 is 4.73. The number of aliphatic carboxylic acids is 1. The summed E-state index contributed by atoms with van der Waals surface area (Å²) in [5, 5.41) is 10.2. The summed E-state index contributed by atoms with van der Waals surface area (Å²) in [6, 6.07) is 1.34. The Labute approximate surface area is 97.6 Å². The summed E-state index contributed by atoms with van der Waals surface area (Å²) in [6.45, 7) is 1.92. The lowest BCUT2D eigenvalue weighted by Gasteiger charge is -1.99. The molecule has 1 aromatic heterocycles. The zero-order valence-corrected chi connectivity index (χ0v) is 9.32. The molecule has 0 aliphatic heterocycles. The average molecular weight is 238 g/mol. The predicted molar refractivity (Wildman–Crippen MR) is 55.3 cm³/mol. The Bertz CT molecular complexity index is 435. The van der Waals surface area contributed by atoms with Gasteiger partial charge in [-0.15, -0.1) is 0 Å². The standard InChI is InChI=1S/C11H13NO5/c1-2-17-11(16)8-5-7(6-12-8)9(13)3-4-10(14)15/h5-6,12H,2-4H2,1H3,(H,14,15)/p-1. The molecule has 0 spiro atoms. The molecule has 0 saturated carbocycles. The molecule has 1 aromatic rings. The van der Waals surface area contributed by atoms with Gasteiger partial charge in [0.2, 0.25) is 0 Å².